The van der Waals surface area contributed by atoms with Crippen LogP contribution in [0, 0.1) is 5.92 Å². The molecule has 0 aliphatic heterocycles. The molecule has 0 spiro atoms. The number of halogens is 1. The van der Waals surface area contributed by atoms with Gasteiger partial charge in [0.15, 0.2) is 9.84 Å². The van der Waals surface area contributed by atoms with Crippen LogP contribution < -0.4 is 0 Å². The Morgan fingerprint density at radius 3 is 2.30 bits per heavy atom. The smallest absolute Gasteiger partial charge is 0.253 e. The van der Waals surface area contributed by atoms with Gasteiger partial charge < -0.3 is 4.90 Å². The van der Waals surface area contributed by atoms with Gasteiger partial charge in [0.25, 0.3) is 5.91 Å². The Morgan fingerprint density at radius 1 is 1.30 bits per heavy atom. The minimum atomic E-state index is -3.22. The highest BCUT2D eigenvalue weighted by atomic mass is 79.9. The van der Waals surface area contributed by atoms with Crippen molar-refractivity contribution in [3.8, 4) is 0 Å². The number of hydrogen-bond acceptors (Lipinski definition) is 3. The van der Waals surface area contributed by atoms with Gasteiger partial charge in [-0.25, -0.2) is 8.42 Å². The van der Waals surface area contributed by atoms with Gasteiger partial charge in [-0.05, 0) is 43.0 Å². The van der Waals surface area contributed by atoms with Crippen molar-refractivity contribution < 1.29 is 13.2 Å². The van der Waals surface area contributed by atoms with Gasteiger partial charge in [-0.3, -0.25) is 4.79 Å². The summed E-state index contributed by atoms with van der Waals surface area (Å²) in [7, 11) is -1.43. The third-order valence-corrected chi connectivity index (χ3v) is 5.46. The molecule has 0 saturated heterocycles. The van der Waals surface area contributed by atoms with Crippen LogP contribution in [0.3, 0.4) is 0 Å². The summed E-state index contributed by atoms with van der Waals surface area (Å²) < 4.78 is 22.7. The van der Waals surface area contributed by atoms with Gasteiger partial charge in [-0.15, -0.1) is 0 Å². The summed E-state index contributed by atoms with van der Waals surface area (Å²) in [4.78, 5) is 14.8. The fraction of sp³-hybridized carbons (Fsp3) is 0.500. The van der Waals surface area contributed by atoms with Gasteiger partial charge in [0.2, 0.25) is 0 Å². The molecule has 1 aliphatic carbocycles. The molecule has 20 heavy (non-hydrogen) atoms. The van der Waals surface area contributed by atoms with Gasteiger partial charge in [0.05, 0.1) is 4.90 Å². The average molecular weight is 360 g/mol. The van der Waals surface area contributed by atoms with Crippen LogP contribution >= 0.6 is 15.9 Å². The molecular weight excluding hydrogens is 342 g/mol. The highest BCUT2D eigenvalue weighted by Gasteiger charge is 2.28. The number of alkyl halides is 1. The second-order valence-electron chi connectivity index (χ2n) is 5.42. The first-order chi connectivity index (χ1) is 9.27. The molecule has 1 fully saturated rings. The number of nitrogens with zero attached hydrogens (tertiary/aromatic N) is 1. The van der Waals surface area contributed by atoms with Crippen molar-refractivity contribution in [2.75, 3.05) is 19.8 Å². The molecule has 110 valence electrons. The molecule has 0 atom stereocenters. The number of carbonyl (C=O) groups excluding carboxylic acids is 1. The van der Waals surface area contributed by atoms with Crippen molar-refractivity contribution in [2.24, 2.45) is 5.92 Å². The minimum absolute atomic E-state index is 0.0666. The van der Waals surface area contributed by atoms with Crippen LogP contribution in [0.5, 0.6) is 0 Å². The molecule has 4 nitrogen and oxygen atoms in total. The molecule has 0 N–H and O–H groups in total. The normalized spacial score (nSPS) is 22.1. The predicted molar refractivity (Wildman–Crippen MR) is 82.0 cm³/mol. The van der Waals surface area contributed by atoms with Crippen LogP contribution in [-0.2, 0) is 9.84 Å². The topological polar surface area (TPSA) is 54.5 Å². The van der Waals surface area contributed by atoms with E-state index in [-0.39, 0.29) is 10.8 Å². The Balaban J connectivity index is 2.01. The van der Waals surface area contributed by atoms with Crippen LogP contribution in [0.15, 0.2) is 29.2 Å². The van der Waals surface area contributed by atoms with Crippen LogP contribution in [0.25, 0.3) is 0 Å². The molecule has 0 heterocycles. The lowest BCUT2D eigenvalue weighted by atomic mass is 9.85. The van der Waals surface area contributed by atoms with E-state index in [2.05, 4.69) is 15.9 Å². The van der Waals surface area contributed by atoms with E-state index in [0.29, 0.717) is 16.3 Å². The lowest BCUT2D eigenvalue weighted by Gasteiger charge is -2.34. The van der Waals surface area contributed by atoms with Crippen LogP contribution in [-0.4, -0.2) is 43.9 Å². The molecule has 1 amide bonds. The largest absolute Gasteiger partial charge is 0.341 e. The lowest BCUT2D eigenvalue weighted by Crippen LogP contribution is -2.37. The first-order valence-corrected chi connectivity index (χ1v) is 9.27. The second-order valence-corrected chi connectivity index (χ2v) is 8.73. The standard InChI is InChI=1S/C14H18BrNO3S/c1-16(9-10-7-12(15)8-10)14(17)11-3-5-13(6-4-11)20(2,18)19/h3-6,10,12H,7-9H2,1-2H3. The summed E-state index contributed by atoms with van der Waals surface area (Å²) in [6.45, 7) is 0.745. The maximum Gasteiger partial charge on any atom is 0.253 e. The van der Waals surface area contributed by atoms with Gasteiger partial charge in [-0.1, -0.05) is 15.9 Å². The average Bonchev–Trinajstić information content (AvgIpc) is 2.35. The third kappa shape index (κ3) is 3.61. The zero-order chi connectivity index (χ0) is 14.9. The lowest BCUT2D eigenvalue weighted by molar-refractivity contribution is 0.0748. The van der Waals surface area contributed by atoms with E-state index in [1.54, 1.807) is 24.1 Å². The van der Waals surface area contributed by atoms with E-state index in [4.69, 9.17) is 0 Å². The fourth-order valence-corrected chi connectivity index (χ4v) is 4.03. The molecule has 1 aromatic carbocycles. The number of sulfone groups is 1. The highest BCUT2D eigenvalue weighted by molar-refractivity contribution is 9.09. The number of rotatable bonds is 4. The van der Waals surface area contributed by atoms with E-state index < -0.39 is 9.84 Å². The number of amides is 1. The molecule has 2 rings (SSSR count). The molecular formula is C14H18BrNO3S. The Morgan fingerprint density at radius 2 is 1.85 bits per heavy atom. The fourth-order valence-electron chi connectivity index (χ4n) is 2.34. The first-order valence-electron chi connectivity index (χ1n) is 6.47. The molecule has 0 bridgehead atoms. The van der Waals surface area contributed by atoms with E-state index in [9.17, 15) is 13.2 Å². The van der Waals surface area contributed by atoms with Crippen molar-refractivity contribution in [3.63, 3.8) is 0 Å². The zero-order valence-corrected chi connectivity index (χ0v) is 13.9. The van der Waals surface area contributed by atoms with Crippen molar-refractivity contribution in [3.05, 3.63) is 29.8 Å². The summed E-state index contributed by atoms with van der Waals surface area (Å²) >= 11 is 3.54. The number of carbonyl (C=O) groups is 1. The highest BCUT2D eigenvalue weighted by Crippen LogP contribution is 2.33. The van der Waals surface area contributed by atoms with Crippen LogP contribution in [0.4, 0.5) is 0 Å². The van der Waals surface area contributed by atoms with Crippen molar-refractivity contribution in [2.45, 2.75) is 22.6 Å². The molecule has 1 saturated carbocycles. The van der Waals surface area contributed by atoms with Gasteiger partial charge in [-0.2, -0.15) is 0 Å². The van der Waals surface area contributed by atoms with E-state index >= 15 is 0 Å². The molecule has 1 aliphatic rings. The maximum atomic E-state index is 12.2. The summed E-state index contributed by atoms with van der Waals surface area (Å²) in [6, 6.07) is 6.11. The van der Waals surface area contributed by atoms with Crippen LogP contribution in [0.1, 0.15) is 23.2 Å². The molecule has 0 unspecified atom stereocenters. The summed E-state index contributed by atoms with van der Waals surface area (Å²) in [6.07, 6.45) is 3.36. The Labute approximate surface area is 128 Å². The maximum absolute atomic E-state index is 12.2. The quantitative estimate of drug-likeness (QED) is 0.775. The Kier molecular flexibility index (Phi) is 4.54. The zero-order valence-electron chi connectivity index (χ0n) is 11.5. The first kappa shape index (κ1) is 15.5. The number of hydrogen-bond donors (Lipinski definition) is 0. The SMILES string of the molecule is CN(CC1CC(Br)C1)C(=O)c1ccc(S(C)(=O)=O)cc1. The van der Waals surface area contributed by atoms with E-state index in [1.807, 2.05) is 0 Å². The molecule has 6 heteroatoms. The number of benzene rings is 1. The predicted octanol–water partition coefficient (Wildman–Crippen LogP) is 2.34. The van der Waals surface area contributed by atoms with E-state index in [0.717, 1.165) is 25.6 Å². The molecule has 0 radical (unpaired) electrons. The van der Waals surface area contributed by atoms with Crippen LogP contribution in [0.2, 0.25) is 0 Å². The summed E-state index contributed by atoms with van der Waals surface area (Å²) in [5.74, 6) is 0.492. The second kappa shape index (κ2) is 5.85. The molecule has 0 aromatic heterocycles. The monoisotopic (exact) mass is 359 g/mol. The van der Waals surface area contributed by atoms with Crippen molar-refractivity contribution in [1.29, 1.82) is 0 Å². The van der Waals surface area contributed by atoms with E-state index in [1.165, 1.54) is 12.1 Å². The van der Waals surface area contributed by atoms with Gasteiger partial charge >= 0.3 is 0 Å². The Hall–Kier alpha value is -0.880. The van der Waals surface area contributed by atoms with Crippen molar-refractivity contribution >= 4 is 31.7 Å². The Bertz CT molecular complexity index is 591. The summed E-state index contributed by atoms with van der Waals surface area (Å²) in [5.41, 5.74) is 0.523. The molecule has 1 aromatic rings. The van der Waals surface area contributed by atoms with Gasteiger partial charge in [0, 0.05) is 30.2 Å². The van der Waals surface area contributed by atoms with Gasteiger partial charge in [0.1, 0.15) is 0 Å². The third-order valence-electron chi connectivity index (χ3n) is 3.59. The minimum Gasteiger partial charge on any atom is -0.341 e. The van der Waals surface area contributed by atoms with Crippen molar-refractivity contribution in [1.82, 2.24) is 4.90 Å². The summed E-state index contributed by atoms with van der Waals surface area (Å²) in [5, 5.41) is 0.